The average molecular weight is 382 g/mol. The number of hydrogen-bond donors (Lipinski definition) is 1. The highest BCUT2D eigenvalue weighted by atomic mass is 32.2. The normalized spacial score (nSPS) is 17.2. The van der Waals surface area contributed by atoms with Crippen molar-refractivity contribution in [3.63, 3.8) is 0 Å². The predicted octanol–water partition coefficient (Wildman–Crippen LogP) is 4.99. The van der Waals surface area contributed by atoms with Gasteiger partial charge in [-0.1, -0.05) is 24.3 Å². The van der Waals surface area contributed by atoms with Crippen LogP contribution in [-0.2, 0) is 6.18 Å². The first-order valence-corrected chi connectivity index (χ1v) is 8.94. The second kappa shape index (κ2) is 7.49. The molecule has 0 bridgehead atoms. The van der Waals surface area contributed by atoms with E-state index in [1.165, 1.54) is 31.0 Å². The minimum atomic E-state index is -4.37. The van der Waals surface area contributed by atoms with E-state index in [0.29, 0.717) is 29.3 Å². The number of anilines is 1. The number of nitrogens with zero attached hydrogens (tertiary/aromatic N) is 1. The number of urea groups is 1. The van der Waals surface area contributed by atoms with E-state index in [1.54, 1.807) is 29.2 Å². The zero-order valence-electron chi connectivity index (χ0n) is 13.9. The highest BCUT2D eigenvalue weighted by molar-refractivity contribution is 7.99. The van der Waals surface area contributed by atoms with Gasteiger partial charge in [-0.3, -0.25) is 0 Å². The third-order valence-electron chi connectivity index (χ3n) is 4.02. The largest absolute Gasteiger partial charge is 0.495 e. The van der Waals surface area contributed by atoms with E-state index >= 15 is 0 Å². The summed E-state index contributed by atoms with van der Waals surface area (Å²) in [6.07, 6.45) is -4.37. The molecule has 4 nitrogen and oxygen atoms in total. The highest BCUT2D eigenvalue weighted by Gasteiger charge is 2.33. The quantitative estimate of drug-likeness (QED) is 0.813. The molecule has 0 aliphatic carbocycles. The molecule has 1 N–H and O–H groups in total. The van der Waals surface area contributed by atoms with E-state index in [4.69, 9.17) is 4.74 Å². The van der Waals surface area contributed by atoms with Gasteiger partial charge in [0.15, 0.2) is 0 Å². The van der Waals surface area contributed by atoms with Crippen molar-refractivity contribution in [1.82, 2.24) is 4.90 Å². The lowest BCUT2D eigenvalue weighted by Gasteiger charge is -2.25. The topological polar surface area (TPSA) is 41.6 Å². The molecule has 3 rings (SSSR count). The maximum atomic E-state index is 12.7. The van der Waals surface area contributed by atoms with Crippen LogP contribution in [0, 0.1) is 0 Å². The SMILES string of the molecule is COc1ccccc1NC(=O)N1CCSC1c1ccc(C(F)(F)F)cc1. The fourth-order valence-electron chi connectivity index (χ4n) is 2.73. The second-order valence-electron chi connectivity index (χ2n) is 5.67. The fourth-order valence-corrected chi connectivity index (χ4v) is 3.98. The summed E-state index contributed by atoms with van der Waals surface area (Å²) in [4.78, 5) is 14.3. The van der Waals surface area contributed by atoms with E-state index in [9.17, 15) is 18.0 Å². The molecule has 138 valence electrons. The monoisotopic (exact) mass is 382 g/mol. The van der Waals surface area contributed by atoms with Crippen molar-refractivity contribution in [3.8, 4) is 5.75 Å². The van der Waals surface area contributed by atoms with Gasteiger partial charge in [0.05, 0.1) is 18.4 Å². The molecule has 8 heteroatoms. The smallest absolute Gasteiger partial charge is 0.416 e. The minimum absolute atomic E-state index is 0.315. The maximum Gasteiger partial charge on any atom is 0.416 e. The summed E-state index contributed by atoms with van der Waals surface area (Å²) in [5, 5.41) is 2.48. The van der Waals surface area contributed by atoms with Crippen LogP contribution >= 0.6 is 11.8 Å². The zero-order valence-corrected chi connectivity index (χ0v) is 14.7. The molecule has 2 aromatic carbocycles. The van der Waals surface area contributed by atoms with Crippen LogP contribution in [0.15, 0.2) is 48.5 Å². The Bertz CT molecular complexity index is 781. The van der Waals surface area contributed by atoms with Crippen LogP contribution in [0.2, 0.25) is 0 Å². The maximum absolute atomic E-state index is 12.7. The van der Waals surface area contributed by atoms with E-state index in [2.05, 4.69) is 5.32 Å². The first-order chi connectivity index (χ1) is 12.4. The van der Waals surface area contributed by atoms with Gasteiger partial charge in [-0.25, -0.2) is 4.79 Å². The third kappa shape index (κ3) is 3.90. The molecule has 1 unspecified atom stereocenters. The Morgan fingerprint density at radius 1 is 1.19 bits per heavy atom. The average Bonchev–Trinajstić information content (AvgIpc) is 3.11. The van der Waals surface area contributed by atoms with E-state index in [-0.39, 0.29) is 11.4 Å². The molecule has 1 aliphatic heterocycles. The minimum Gasteiger partial charge on any atom is -0.495 e. The van der Waals surface area contributed by atoms with Gasteiger partial charge in [-0.2, -0.15) is 13.2 Å². The molecule has 26 heavy (non-hydrogen) atoms. The van der Waals surface area contributed by atoms with Crippen molar-refractivity contribution in [2.75, 3.05) is 24.7 Å². The molecule has 1 saturated heterocycles. The van der Waals surface area contributed by atoms with Crippen LogP contribution in [0.5, 0.6) is 5.75 Å². The van der Waals surface area contributed by atoms with Crippen LogP contribution in [0.1, 0.15) is 16.5 Å². The number of nitrogens with one attached hydrogen (secondary N) is 1. The molecule has 2 aromatic rings. The van der Waals surface area contributed by atoms with Crippen molar-refractivity contribution >= 4 is 23.5 Å². The van der Waals surface area contributed by atoms with Gasteiger partial charge in [0.2, 0.25) is 0 Å². The summed E-state index contributed by atoms with van der Waals surface area (Å²) in [5.41, 5.74) is 0.507. The summed E-state index contributed by atoms with van der Waals surface area (Å²) in [6, 6.07) is 11.7. The number of carbonyl (C=O) groups is 1. The first-order valence-electron chi connectivity index (χ1n) is 7.89. The number of thioether (sulfide) groups is 1. The molecule has 1 heterocycles. The number of ether oxygens (including phenoxy) is 1. The molecule has 1 aliphatic rings. The van der Waals surface area contributed by atoms with Gasteiger partial charge >= 0.3 is 12.2 Å². The Morgan fingerprint density at radius 2 is 1.88 bits per heavy atom. The van der Waals surface area contributed by atoms with Crippen molar-refractivity contribution in [2.24, 2.45) is 0 Å². The number of carbonyl (C=O) groups excluding carboxylic acids is 1. The lowest BCUT2D eigenvalue weighted by Crippen LogP contribution is -2.34. The Kier molecular flexibility index (Phi) is 5.31. The molecule has 0 aromatic heterocycles. The number of methoxy groups -OCH3 is 1. The lowest BCUT2D eigenvalue weighted by atomic mass is 10.1. The Balaban J connectivity index is 1.76. The van der Waals surface area contributed by atoms with Crippen LogP contribution in [0.4, 0.5) is 23.7 Å². The molecule has 2 amide bonds. The number of para-hydroxylation sites is 2. The first kappa shape index (κ1) is 18.4. The Labute approximate surface area is 153 Å². The van der Waals surface area contributed by atoms with Crippen molar-refractivity contribution in [3.05, 3.63) is 59.7 Å². The highest BCUT2D eigenvalue weighted by Crippen LogP contribution is 2.39. The lowest BCUT2D eigenvalue weighted by molar-refractivity contribution is -0.137. The van der Waals surface area contributed by atoms with Crippen LogP contribution < -0.4 is 10.1 Å². The summed E-state index contributed by atoms with van der Waals surface area (Å²) in [5.74, 6) is 1.25. The van der Waals surface area contributed by atoms with Gasteiger partial charge in [0, 0.05) is 12.3 Å². The summed E-state index contributed by atoms with van der Waals surface area (Å²) < 4.78 is 43.4. The van der Waals surface area contributed by atoms with Crippen molar-refractivity contribution in [1.29, 1.82) is 0 Å². The Morgan fingerprint density at radius 3 is 2.54 bits per heavy atom. The summed E-state index contributed by atoms with van der Waals surface area (Å²) in [6.45, 7) is 0.511. The molecular formula is C18H17F3N2O2S. The van der Waals surface area contributed by atoms with Gasteiger partial charge in [0.25, 0.3) is 0 Å². The van der Waals surface area contributed by atoms with Crippen LogP contribution in [0.3, 0.4) is 0 Å². The molecule has 0 saturated carbocycles. The fraction of sp³-hybridized carbons (Fsp3) is 0.278. The molecule has 0 radical (unpaired) electrons. The number of amides is 2. The van der Waals surface area contributed by atoms with Gasteiger partial charge in [-0.05, 0) is 29.8 Å². The number of hydrogen-bond acceptors (Lipinski definition) is 3. The van der Waals surface area contributed by atoms with Crippen molar-refractivity contribution in [2.45, 2.75) is 11.6 Å². The van der Waals surface area contributed by atoms with Crippen molar-refractivity contribution < 1.29 is 22.7 Å². The number of halogens is 3. The van der Waals surface area contributed by atoms with Gasteiger partial charge in [-0.15, -0.1) is 11.8 Å². The predicted molar refractivity (Wildman–Crippen MR) is 95.4 cm³/mol. The molecular weight excluding hydrogens is 365 g/mol. The third-order valence-corrected chi connectivity index (χ3v) is 5.28. The summed E-state index contributed by atoms with van der Waals surface area (Å²) >= 11 is 1.52. The van der Waals surface area contributed by atoms with E-state index in [1.807, 2.05) is 0 Å². The molecule has 1 fully saturated rings. The summed E-state index contributed by atoms with van der Waals surface area (Å²) in [7, 11) is 1.52. The molecule has 1 atom stereocenters. The van der Waals surface area contributed by atoms with Gasteiger partial charge < -0.3 is 15.0 Å². The number of benzene rings is 2. The van der Waals surface area contributed by atoms with Gasteiger partial charge in [0.1, 0.15) is 11.1 Å². The van der Waals surface area contributed by atoms with E-state index in [0.717, 1.165) is 12.1 Å². The second-order valence-corrected chi connectivity index (χ2v) is 6.85. The number of alkyl halides is 3. The molecule has 0 spiro atoms. The standard InChI is InChI=1S/C18H17F3N2O2S/c1-25-15-5-3-2-4-14(15)22-17(24)23-10-11-26-16(23)12-6-8-13(9-7-12)18(19,20)21/h2-9,16H,10-11H2,1H3,(H,22,24). The van der Waals surface area contributed by atoms with E-state index < -0.39 is 11.7 Å². The Hall–Kier alpha value is -2.35. The zero-order chi connectivity index (χ0) is 18.7. The van der Waals surface area contributed by atoms with Crippen LogP contribution in [-0.4, -0.2) is 30.3 Å². The van der Waals surface area contributed by atoms with Crippen LogP contribution in [0.25, 0.3) is 0 Å². The number of rotatable bonds is 3.